The molecule has 2 nitrogen and oxygen atoms in total. The van der Waals surface area contributed by atoms with Gasteiger partial charge in [-0.15, -0.1) is 0 Å². The largest absolute Gasteiger partial charge is 0.382 e. The van der Waals surface area contributed by atoms with E-state index in [4.69, 9.17) is 4.74 Å². The van der Waals surface area contributed by atoms with Crippen LogP contribution in [0.5, 0.6) is 0 Å². The van der Waals surface area contributed by atoms with Crippen LogP contribution in [0.4, 0.5) is 0 Å². The minimum absolute atomic E-state index is 0.623. The zero-order valence-corrected chi connectivity index (χ0v) is 10.1. The summed E-state index contributed by atoms with van der Waals surface area (Å²) >= 11 is 0. The Morgan fingerprint density at radius 1 is 1.27 bits per heavy atom. The predicted octanol–water partition coefficient (Wildman–Crippen LogP) is 2.73. The Balaban J connectivity index is 1.60. The predicted molar refractivity (Wildman–Crippen MR) is 63.0 cm³/mol. The van der Waals surface area contributed by atoms with Crippen LogP contribution >= 0.6 is 0 Å². The van der Waals surface area contributed by atoms with Crippen molar-refractivity contribution in [2.24, 2.45) is 5.41 Å². The van der Waals surface area contributed by atoms with Gasteiger partial charge < -0.3 is 10.1 Å². The van der Waals surface area contributed by atoms with Crippen LogP contribution in [-0.2, 0) is 4.74 Å². The maximum Gasteiger partial charge on any atom is 0.0471 e. The van der Waals surface area contributed by atoms with E-state index in [1.165, 1.54) is 51.5 Å². The first-order valence-electron chi connectivity index (χ1n) is 6.66. The molecule has 0 amide bonds. The fourth-order valence-electron chi connectivity index (χ4n) is 2.62. The lowest BCUT2D eigenvalue weighted by atomic mass is 10.0. The van der Waals surface area contributed by atoms with Crippen LogP contribution in [-0.4, -0.2) is 25.8 Å². The van der Waals surface area contributed by atoms with Crippen molar-refractivity contribution in [2.75, 3.05) is 19.8 Å². The molecule has 0 aromatic heterocycles. The van der Waals surface area contributed by atoms with Crippen molar-refractivity contribution in [1.82, 2.24) is 5.32 Å². The van der Waals surface area contributed by atoms with Crippen LogP contribution in [0.15, 0.2) is 0 Å². The van der Waals surface area contributed by atoms with Gasteiger partial charge in [0.1, 0.15) is 0 Å². The molecule has 2 fully saturated rings. The van der Waals surface area contributed by atoms with E-state index in [1.54, 1.807) is 0 Å². The molecule has 2 heteroatoms. The Morgan fingerprint density at radius 3 is 2.60 bits per heavy atom. The third-order valence-corrected chi connectivity index (χ3v) is 4.06. The van der Waals surface area contributed by atoms with Crippen LogP contribution in [0, 0.1) is 5.41 Å². The van der Waals surface area contributed by atoms with Gasteiger partial charge in [0.2, 0.25) is 0 Å². The van der Waals surface area contributed by atoms with Crippen molar-refractivity contribution < 1.29 is 4.74 Å². The molecule has 0 bridgehead atoms. The Morgan fingerprint density at radius 2 is 2.00 bits per heavy atom. The monoisotopic (exact) mass is 211 g/mol. The highest BCUT2D eigenvalue weighted by Gasteiger charge is 2.42. The van der Waals surface area contributed by atoms with E-state index in [-0.39, 0.29) is 0 Å². The highest BCUT2D eigenvalue weighted by molar-refractivity contribution is 4.95. The van der Waals surface area contributed by atoms with Gasteiger partial charge in [-0.05, 0) is 44.4 Å². The molecular formula is C13H25NO. The van der Waals surface area contributed by atoms with Gasteiger partial charge in [-0.2, -0.15) is 0 Å². The maximum atomic E-state index is 5.45. The molecule has 1 N–H and O–H groups in total. The van der Waals surface area contributed by atoms with Crippen molar-refractivity contribution >= 4 is 0 Å². The maximum absolute atomic E-state index is 5.45. The summed E-state index contributed by atoms with van der Waals surface area (Å²) < 4.78 is 5.45. The van der Waals surface area contributed by atoms with E-state index in [0.717, 1.165) is 19.3 Å². The number of nitrogens with one attached hydrogen (secondary N) is 1. The van der Waals surface area contributed by atoms with Crippen molar-refractivity contribution in [3.8, 4) is 0 Å². The third-order valence-electron chi connectivity index (χ3n) is 4.06. The fourth-order valence-corrected chi connectivity index (χ4v) is 2.62. The highest BCUT2D eigenvalue weighted by Crippen LogP contribution is 2.48. The minimum atomic E-state index is 0.623. The first kappa shape index (κ1) is 11.4. The van der Waals surface area contributed by atoms with Gasteiger partial charge >= 0.3 is 0 Å². The van der Waals surface area contributed by atoms with Crippen LogP contribution < -0.4 is 5.32 Å². The summed E-state index contributed by atoms with van der Waals surface area (Å²) in [5.41, 5.74) is 0.623. The molecule has 15 heavy (non-hydrogen) atoms. The summed E-state index contributed by atoms with van der Waals surface area (Å²) in [6, 6.07) is 0.828. The van der Waals surface area contributed by atoms with E-state index in [0.29, 0.717) is 5.41 Å². The minimum Gasteiger partial charge on any atom is -0.382 e. The van der Waals surface area contributed by atoms with Crippen molar-refractivity contribution in [3.63, 3.8) is 0 Å². The topological polar surface area (TPSA) is 21.3 Å². The second-order valence-corrected chi connectivity index (χ2v) is 5.31. The molecule has 0 radical (unpaired) electrons. The molecule has 0 aliphatic heterocycles. The van der Waals surface area contributed by atoms with Crippen molar-refractivity contribution in [3.05, 3.63) is 0 Å². The SMILES string of the molecule is CCOCCC1(CNC2CCCC2)CC1. The molecule has 2 saturated carbocycles. The summed E-state index contributed by atoms with van der Waals surface area (Å²) in [4.78, 5) is 0. The summed E-state index contributed by atoms with van der Waals surface area (Å²) in [7, 11) is 0. The molecule has 2 aliphatic rings. The number of hydrogen-bond donors (Lipinski definition) is 1. The normalized spacial score (nSPS) is 24.6. The van der Waals surface area contributed by atoms with Gasteiger partial charge in [-0.3, -0.25) is 0 Å². The average Bonchev–Trinajstić information content (AvgIpc) is 2.82. The van der Waals surface area contributed by atoms with E-state index in [2.05, 4.69) is 12.2 Å². The molecule has 0 atom stereocenters. The third kappa shape index (κ3) is 3.46. The highest BCUT2D eigenvalue weighted by atomic mass is 16.5. The van der Waals surface area contributed by atoms with Gasteiger partial charge in [0.25, 0.3) is 0 Å². The van der Waals surface area contributed by atoms with Crippen molar-refractivity contribution in [2.45, 2.75) is 57.9 Å². The second-order valence-electron chi connectivity index (χ2n) is 5.31. The molecule has 0 aromatic carbocycles. The van der Waals surface area contributed by atoms with Crippen LogP contribution in [0.1, 0.15) is 51.9 Å². The summed E-state index contributed by atoms with van der Waals surface area (Å²) in [5.74, 6) is 0. The van der Waals surface area contributed by atoms with E-state index in [1.807, 2.05) is 0 Å². The van der Waals surface area contributed by atoms with Gasteiger partial charge in [-0.25, -0.2) is 0 Å². The fraction of sp³-hybridized carbons (Fsp3) is 1.00. The van der Waals surface area contributed by atoms with E-state index in [9.17, 15) is 0 Å². The van der Waals surface area contributed by atoms with Crippen molar-refractivity contribution in [1.29, 1.82) is 0 Å². The smallest absolute Gasteiger partial charge is 0.0471 e. The molecule has 2 rings (SSSR count). The summed E-state index contributed by atoms with van der Waals surface area (Å²) in [6.07, 6.45) is 9.77. The van der Waals surface area contributed by atoms with Crippen LogP contribution in [0.25, 0.3) is 0 Å². The molecule has 88 valence electrons. The quantitative estimate of drug-likeness (QED) is 0.654. The van der Waals surface area contributed by atoms with Gasteiger partial charge in [0, 0.05) is 25.8 Å². The zero-order chi connectivity index (χ0) is 10.6. The lowest BCUT2D eigenvalue weighted by Crippen LogP contribution is -2.32. The van der Waals surface area contributed by atoms with E-state index >= 15 is 0 Å². The van der Waals surface area contributed by atoms with Crippen LogP contribution in [0.3, 0.4) is 0 Å². The molecule has 2 aliphatic carbocycles. The molecule has 0 saturated heterocycles. The Hall–Kier alpha value is -0.0800. The Bertz CT molecular complexity index is 183. The van der Waals surface area contributed by atoms with E-state index < -0.39 is 0 Å². The summed E-state index contributed by atoms with van der Waals surface area (Å²) in [6.45, 7) is 5.15. The number of hydrogen-bond acceptors (Lipinski definition) is 2. The molecule has 0 spiro atoms. The van der Waals surface area contributed by atoms with Gasteiger partial charge in [-0.1, -0.05) is 12.8 Å². The lowest BCUT2D eigenvalue weighted by molar-refractivity contribution is 0.127. The average molecular weight is 211 g/mol. The first-order valence-corrected chi connectivity index (χ1v) is 6.66. The van der Waals surface area contributed by atoms with Crippen LogP contribution in [0.2, 0.25) is 0 Å². The molecule has 0 heterocycles. The lowest BCUT2D eigenvalue weighted by Gasteiger charge is -2.19. The molecule has 0 aromatic rings. The molecule has 0 unspecified atom stereocenters. The Labute approximate surface area is 93.8 Å². The summed E-state index contributed by atoms with van der Waals surface area (Å²) in [5, 5.41) is 3.76. The number of ether oxygens (including phenoxy) is 1. The van der Waals surface area contributed by atoms with Gasteiger partial charge in [0.05, 0.1) is 0 Å². The number of rotatable bonds is 7. The Kier molecular flexibility index (Phi) is 4.04. The zero-order valence-electron chi connectivity index (χ0n) is 10.1. The molecular weight excluding hydrogens is 186 g/mol. The standard InChI is InChI=1S/C13H25NO/c1-2-15-10-9-13(7-8-13)11-14-12-5-3-4-6-12/h12,14H,2-11H2,1H3. The second kappa shape index (κ2) is 5.31. The van der Waals surface area contributed by atoms with Gasteiger partial charge in [0.15, 0.2) is 0 Å². The first-order chi connectivity index (χ1) is 7.35.